The second kappa shape index (κ2) is 9.53. The van der Waals surface area contributed by atoms with Gasteiger partial charge in [0.1, 0.15) is 4.70 Å². The van der Waals surface area contributed by atoms with E-state index in [9.17, 15) is 14.9 Å². The van der Waals surface area contributed by atoms with Crippen LogP contribution in [0, 0.1) is 17.2 Å². The van der Waals surface area contributed by atoms with Crippen LogP contribution in [-0.4, -0.2) is 35.1 Å². The Morgan fingerprint density at radius 1 is 1.25 bits per heavy atom. The average Bonchev–Trinajstić information content (AvgIpc) is 3.25. The van der Waals surface area contributed by atoms with Gasteiger partial charge in [-0.3, -0.25) is 14.2 Å². The number of nitrogens with zero attached hydrogens (tertiary/aromatic N) is 4. The van der Waals surface area contributed by atoms with Gasteiger partial charge < -0.3 is 10.2 Å². The van der Waals surface area contributed by atoms with Gasteiger partial charge in [0.05, 0.1) is 28.6 Å². The van der Waals surface area contributed by atoms with E-state index in [1.807, 2.05) is 32.0 Å². The molecule has 7 nitrogen and oxygen atoms in total. The highest BCUT2D eigenvalue weighted by molar-refractivity contribution is 7.20. The first kappa shape index (κ1) is 22.0. The summed E-state index contributed by atoms with van der Waals surface area (Å²) in [4.78, 5) is 33.7. The van der Waals surface area contributed by atoms with Gasteiger partial charge in [0.15, 0.2) is 0 Å². The second-order valence-electron chi connectivity index (χ2n) is 8.55. The zero-order valence-electron chi connectivity index (χ0n) is 18.4. The topological polar surface area (TPSA) is 91.0 Å². The molecule has 1 aromatic carbocycles. The molecule has 3 aromatic rings. The van der Waals surface area contributed by atoms with Crippen LogP contribution in [0.3, 0.4) is 0 Å². The van der Waals surface area contributed by atoms with Gasteiger partial charge in [-0.05, 0) is 42.9 Å². The fraction of sp³-hybridized carbons (Fsp3) is 0.417. The van der Waals surface area contributed by atoms with E-state index >= 15 is 0 Å². The number of benzene rings is 1. The minimum Gasteiger partial charge on any atom is -0.351 e. The molecule has 2 aromatic heterocycles. The van der Waals surface area contributed by atoms with Gasteiger partial charge in [-0.2, -0.15) is 5.26 Å². The Balaban J connectivity index is 1.80. The molecule has 4 rings (SSSR count). The Hall–Kier alpha value is -3.18. The third-order valence-corrected chi connectivity index (χ3v) is 6.72. The Morgan fingerprint density at radius 2 is 2.00 bits per heavy atom. The largest absolute Gasteiger partial charge is 0.351 e. The van der Waals surface area contributed by atoms with E-state index in [1.165, 1.54) is 17.8 Å². The van der Waals surface area contributed by atoms with Gasteiger partial charge in [0, 0.05) is 19.6 Å². The summed E-state index contributed by atoms with van der Waals surface area (Å²) in [6.45, 7) is 6.59. The van der Waals surface area contributed by atoms with Crippen LogP contribution in [0.15, 0.2) is 35.1 Å². The van der Waals surface area contributed by atoms with Crippen LogP contribution in [0.1, 0.15) is 53.9 Å². The number of nitriles is 1. The number of amides is 1. The number of piperidine rings is 1. The first-order chi connectivity index (χ1) is 15.5. The fourth-order valence-corrected chi connectivity index (χ4v) is 4.87. The lowest BCUT2D eigenvalue weighted by Crippen LogP contribution is -2.36. The van der Waals surface area contributed by atoms with Gasteiger partial charge in [-0.1, -0.05) is 32.0 Å². The van der Waals surface area contributed by atoms with Crippen molar-refractivity contribution in [3.8, 4) is 6.07 Å². The summed E-state index contributed by atoms with van der Waals surface area (Å²) in [5.74, 6) is 0.776. The number of thiophene rings is 1. The van der Waals surface area contributed by atoms with Gasteiger partial charge in [-0.15, -0.1) is 11.3 Å². The highest BCUT2D eigenvalue weighted by Crippen LogP contribution is 2.26. The summed E-state index contributed by atoms with van der Waals surface area (Å²) < 4.78 is 2.13. The van der Waals surface area contributed by atoms with Gasteiger partial charge in [-0.25, -0.2) is 4.98 Å². The zero-order valence-corrected chi connectivity index (χ0v) is 19.2. The number of hydrogen-bond donors (Lipinski definition) is 1. The van der Waals surface area contributed by atoms with Crippen LogP contribution in [0.5, 0.6) is 0 Å². The lowest BCUT2D eigenvalue weighted by molar-refractivity contribution is 0.0953. The molecule has 32 heavy (non-hydrogen) atoms. The molecule has 1 aliphatic heterocycles. The predicted octanol–water partition coefficient (Wildman–Crippen LogP) is 3.75. The number of carbonyl (C=O) groups excluding carboxylic acids is 1. The van der Waals surface area contributed by atoms with Gasteiger partial charge in [0.2, 0.25) is 5.95 Å². The maximum absolute atomic E-state index is 13.6. The van der Waals surface area contributed by atoms with E-state index < -0.39 is 0 Å². The third kappa shape index (κ3) is 4.53. The molecule has 0 radical (unpaired) electrons. The van der Waals surface area contributed by atoms with Crippen molar-refractivity contribution in [1.29, 1.82) is 5.26 Å². The van der Waals surface area contributed by atoms with Crippen molar-refractivity contribution < 1.29 is 4.79 Å². The molecule has 0 spiro atoms. The molecule has 1 N–H and O–H groups in total. The molecule has 8 heteroatoms. The smallest absolute Gasteiger partial charge is 0.273 e. The standard InChI is InChI=1S/C24H27N5O2S/c1-16(2)14-26-22(30)20-12-19-21(32-20)23(31)29(15-18-9-5-4-8-17(18)13-25)24(27-19)28-10-6-3-7-11-28/h4-5,8-9,12,16H,3,6-7,10-11,14-15H2,1-2H3,(H,26,30). The molecular weight excluding hydrogens is 422 g/mol. The number of aromatic nitrogens is 2. The predicted molar refractivity (Wildman–Crippen MR) is 127 cm³/mol. The molecule has 0 bridgehead atoms. The lowest BCUT2D eigenvalue weighted by atomic mass is 10.1. The van der Waals surface area contributed by atoms with E-state index in [4.69, 9.17) is 4.98 Å². The highest BCUT2D eigenvalue weighted by Gasteiger charge is 2.22. The maximum atomic E-state index is 13.6. The molecule has 1 fully saturated rings. The van der Waals surface area contributed by atoms with Crippen molar-refractivity contribution in [1.82, 2.24) is 14.9 Å². The summed E-state index contributed by atoms with van der Waals surface area (Å²) in [7, 11) is 0. The van der Waals surface area contributed by atoms with E-state index in [2.05, 4.69) is 16.3 Å². The Labute approximate surface area is 191 Å². The number of anilines is 1. The van der Waals surface area contributed by atoms with Crippen molar-refractivity contribution >= 4 is 33.4 Å². The Kier molecular flexibility index (Phi) is 6.56. The summed E-state index contributed by atoms with van der Waals surface area (Å²) in [6, 6.07) is 11.3. The minimum atomic E-state index is -0.179. The lowest BCUT2D eigenvalue weighted by Gasteiger charge is -2.29. The maximum Gasteiger partial charge on any atom is 0.273 e. The summed E-state index contributed by atoms with van der Waals surface area (Å²) in [5.41, 5.74) is 1.71. The van der Waals surface area contributed by atoms with E-state index in [-0.39, 0.29) is 18.0 Å². The molecule has 0 saturated carbocycles. The first-order valence-corrected chi connectivity index (χ1v) is 11.8. The van der Waals surface area contributed by atoms with Crippen LogP contribution >= 0.6 is 11.3 Å². The molecule has 0 atom stereocenters. The van der Waals surface area contributed by atoms with E-state index in [0.29, 0.717) is 39.1 Å². The first-order valence-electron chi connectivity index (χ1n) is 11.0. The van der Waals surface area contributed by atoms with Gasteiger partial charge >= 0.3 is 0 Å². The highest BCUT2D eigenvalue weighted by atomic mass is 32.1. The molecule has 1 saturated heterocycles. The zero-order chi connectivity index (χ0) is 22.7. The number of nitrogens with one attached hydrogen (secondary N) is 1. The summed E-state index contributed by atoms with van der Waals surface area (Å²) >= 11 is 1.18. The third-order valence-electron chi connectivity index (χ3n) is 5.61. The average molecular weight is 450 g/mol. The summed E-state index contributed by atoms with van der Waals surface area (Å²) in [6.07, 6.45) is 3.27. The second-order valence-corrected chi connectivity index (χ2v) is 9.60. The van der Waals surface area contributed by atoms with Crippen LogP contribution in [0.2, 0.25) is 0 Å². The molecule has 0 unspecified atom stereocenters. The quantitative estimate of drug-likeness (QED) is 0.619. The van der Waals surface area contributed by atoms with Crippen molar-refractivity contribution in [3.63, 3.8) is 0 Å². The van der Waals surface area contributed by atoms with E-state index in [0.717, 1.165) is 31.5 Å². The molecule has 3 heterocycles. The van der Waals surface area contributed by atoms with Crippen LogP contribution < -0.4 is 15.8 Å². The SMILES string of the molecule is CC(C)CNC(=O)c1cc2nc(N3CCCCC3)n(Cc3ccccc3C#N)c(=O)c2s1. The normalized spacial score (nSPS) is 14.0. The van der Waals surface area contributed by atoms with Crippen molar-refractivity contribution in [2.45, 2.75) is 39.7 Å². The summed E-state index contributed by atoms with van der Waals surface area (Å²) in [5, 5.41) is 12.4. The molecule has 1 aliphatic rings. The van der Waals surface area contributed by atoms with Crippen molar-refractivity contribution in [2.75, 3.05) is 24.5 Å². The van der Waals surface area contributed by atoms with Crippen LogP contribution in [-0.2, 0) is 6.54 Å². The molecule has 0 aliphatic carbocycles. The monoisotopic (exact) mass is 449 g/mol. The number of carbonyl (C=O) groups is 1. The molecule has 166 valence electrons. The van der Waals surface area contributed by atoms with E-state index in [1.54, 1.807) is 16.7 Å². The van der Waals surface area contributed by atoms with Crippen LogP contribution in [0.4, 0.5) is 5.95 Å². The van der Waals surface area contributed by atoms with Gasteiger partial charge in [0.25, 0.3) is 11.5 Å². The van der Waals surface area contributed by atoms with Crippen LogP contribution in [0.25, 0.3) is 10.2 Å². The Morgan fingerprint density at radius 3 is 2.72 bits per heavy atom. The molecular formula is C24H27N5O2S. The number of hydrogen-bond acceptors (Lipinski definition) is 6. The minimum absolute atomic E-state index is 0.170. The Bertz CT molecular complexity index is 1230. The fourth-order valence-electron chi connectivity index (χ4n) is 3.91. The van der Waals surface area contributed by atoms with Crippen molar-refractivity contribution in [3.05, 3.63) is 56.7 Å². The number of rotatable bonds is 6. The molecule has 1 amide bonds. The number of fused-ring (bicyclic) bond motifs is 1. The van der Waals surface area contributed by atoms with Crippen molar-refractivity contribution in [2.24, 2.45) is 5.92 Å².